The van der Waals surface area contributed by atoms with E-state index in [0.717, 1.165) is 11.0 Å². The average Bonchev–Trinajstić information content (AvgIpc) is 2.66. The largest absolute Gasteiger partial charge is 0.419 e. The van der Waals surface area contributed by atoms with Gasteiger partial charge in [-0.1, -0.05) is 0 Å². The molecule has 1 saturated heterocycles. The number of primary sulfonamides is 1. The number of benzene rings is 1. The molecule has 2 rings (SSSR count). The van der Waals surface area contributed by atoms with Crippen LogP contribution in [0.1, 0.15) is 12.0 Å². The van der Waals surface area contributed by atoms with Gasteiger partial charge in [0.25, 0.3) is 0 Å². The first-order chi connectivity index (χ1) is 9.97. The standard InChI is InChI=1S/C12H12F4N2O3S/c13-10-2-1-8(4-9(10)12(14,15)16)18-5-7(3-11(18)19)6-22(17,20)21/h1-2,4,7H,3,5-6H2,(H2,17,20,21). The summed E-state index contributed by atoms with van der Waals surface area (Å²) in [6.07, 6.45) is -5.03. The molecular weight excluding hydrogens is 328 g/mol. The van der Waals surface area contributed by atoms with Crippen molar-refractivity contribution in [2.24, 2.45) is 11.1 Å². The Morgan fingerprint density at radius 1 is 1.32 bits per heavy atom. The van der Waals surface area contributed by atoms with E-state index < -0.39 is 45.2 Å². The third-order valence-corrected chi connectivity index (χ3v) is 4.18. The molecule has 22 heavy (non-hydrogen) atoms. The van der Waals surface area contributed by atoms with Gasteiger partial charge in [0, 0.05) is 24.6 Å². The smallest absolute Gasteiger partial charge is 0.312 e. The number of amides is 1. The molecule has 1 amide bonds. The number of nitrogens with zero attached hydrogens (tertiary/aromatic N) is 1. The lowest BCUT2D eigenvalue weighted by molar-refractivity contribution is -0.140. The van der Waals surface area contributed by atoms with Crippen LogP contribution in [0.15, 0.2) is 18.2 Å². The summed E-state index contributed by atoms with van der Waals surface area (Å²) in [6, 6.07) is 2.20. The third kappa shape index (κ3) is 3.74. The lowest BCUT2D eigenvalue weighted by atomic mass is 10.1. The maximum atomic E-state index is 13.2. The number of anilines is 1. The molecule has 1 aromatic carbocycles. The van der Waals surface area contributed by atoms with Crippen molar-refractivity contribution in [2.75, 3.05) is 17.2 Å². The summed E-state index contributed by atoms with van der Waals surface area (Å²) in [5, 5.41) is 4.89. The van der Waals surface area contributed by atoms with Gasteiger partial charge in [0.2, 0.25) is 15.9 Å². The second kappa shape index (κ2) is 5.51. The highest BCUT2D eigenvalue weighted by molar-refractivity contribution is 7.89. The molecule has 10 heteroatoms. The summed E-state index contributed by atoms with van der Waals surface area (Å²) in [5.41, 5.74) is -1.61. The summed E-state index contributed by atoms with van der Waals surface area (Å²) in [7, 11) is -3.79. The summed E-state index contributed by atoms with van der Waals surface area (Å²) < 4.78 is 73.3. The first-order valence-corrected chi connectivity index (χ1v) is 7.86. The van der Waals surface area contributed by atoms with Crippen LogP contribution in [0.4, 0.5) is 23.2 Å². The van der Waals surface area contributed by atoms with Crippen LogP contribution >= 0.6 is 0 Å². The van der Waals surface area contributed by atoms with Gasteiger partial charge in [-0.2, -0.15) is 13.2 Å². The highest BCUT2D eigenvalue weighted by Gasteiger charge is 2.37. The Morgan fingerprint density at radius 3 is 2.50 bits per heavy atom. The predicted molar refractivity (Wildman–Crippen MR) is 69.8 cm³/mol. The Kier molecular flexibility index (Phi) is 4.18. The Balaban J connectivity index is 2.28. The normalized spacial score (nSPS) is 19.8. The Bertz CT molecular complexity index is 703. The van der Waals surface area contributed by atoms with Crippen LogP contribution in [0.2, 0.25) is 0 Å². The number of alkyl halides is 3. The lowest BCUT2D eigenvalue weighted by Crippen LogP contribution is -2.27. The van der Waals surface area contributed by atoms with Gasteiger partial charge in [-0.15, -0.1) is 0 Å². The van der Waals surface area contributed by atoms with Gasteiger partial charge in [-0.25, -0.2) is 17.9 Å². The summed E-state index contributed by atoms with van der Waals surface area (Å²) in [6.45, 7) is -0.0851. The van der Waals surface area contributed by atoms with Crippen molar-refractivity contribution in [1.82, 2.24) is 0 Å². The molecular formula is C12H12F4N2O3S. The zero-order valence-electron chi connectivity index (χ0n) is 11.1. The van der Waals surface area contributed by atoms with Crippen molar-refractivity contribution in [2.45, 2.75) is 12.6 Å². The number of nitrogens with two attached hydrogens (primary N) is 1. The van der Waals surface area contributed by atoms with Crippen molar-refractivity contribution in [3.05, 3.63) is 29.6 Å². The van der Waals surface area contributed by atoms with Crippen LogP contribution < -0.4 is 10.0 Å². The Morgan fingerprint density at radius 2 is 1.95 bits per heavy atom. The molecule has 0 saturated carbocycles. The number of halogens is 4. The van der Waals surface area contributed by atoms with Gasteiger partial charge < -0.3 is 4.90 Å². The first-order valence-electron chi connectivity index (χ1n) is 6.15. The monoisotopic (exact) mass is 340 g/mol. The van der Waals surface area contributed by atoms with Gasteiger partial charge in [0.15, 0.2) is 0 Å². The minimum atomic E-state index is -4.89. The summed E-state index contributed by atoms with van der Waals surface area (Å²) in [4.78, 5) is 12.8. The molecule has 1 aliphatic heterocycles. The molecule has 2 N–H and O–H groups in total. The van der Waals surface area contributed by atoms with Crippen LogP contribution in [-0.4, -0.2) is 26.6 Å². The van der Waals surface area contributed by atoms with Gasteiger partial charge in [-0.3, -0.25) is 4.79 Å². The van der Waals surface area contributed by atoms with E-state index in [4.69, 9.17) is 5.14 Å². The van der Waals surface area contributed by atoms with Crippen LogP contribution in [0.5, 0.6) is 0 Å². The lowest BCUT2D eigenvalue weighted by Gasteiger charge is -2.18. The number of carbonyl (C=O) groups is 1. The third-order valence-electron chi connectivity index (χ3n) is 3.24. The van der Waals surface area contributed by atoms with Gasteiger partial charge >= 0.3 is 6.18 Å². The molecule has 1 heterocycles. The van der Waals surface area contributed by atoms with Crippen molar-refractivity contribution >= 4 is 21.6 Å². The minimum Gasteiger partial charge on any atom is -0.312 e. The van der Waals surface area contributed by atoms with Gasteiger partial charge in [-0.05, 0) is 18.2 Å². The molecule has 5 nitrogen and oxygen atoms in total. The van der Waals surface area contributed by atoms with E-state index in [2.05, 4.69) is 0 Å². The van der Waals surface area contributed by atoms with E-state index in [-0.39, 0.29) is 18.7 Å². The molecule has 0 spiro atoms. The Labute approximate surface area is 123 Å². The van der Waals surface area contributed by atoms with Crippen LogP contribution in [0.3, 0.4) is 0 Å². The van der Waals surface area contributed by atoms with Crippen LogP contribution in [0.25, 0.3) is 0 Å². The maximum absolute atomic E-state index is 13.2. The number of carbonyl (C=O) groups excluding carboxylic acids is 1. The fourth-order valence-corrected chi connectivity index (χ4v) is 3.25. The number of rotatable bonds is 3. The fourth-order valence-electron chi connectivity index (χ4n) is 2.37. The molecule has 122 valence electrons. The van der Waals surface area contributed by atoms with E-state index >= 15 is 0 Å². The number of hydrogen-bond acceptors (Lipinski definition) is 3. The molecule has 0 aliphatic carbocycles. The molecule has 1 aromatic rings. The van der Waals surface area contributed by atoms with Crippen molar-refractivity contribution in [3.63, 3.8) is 0 Å². The zero-order valence-corrected chi connectivity index (χ0v) is 11.9. The Hall–Kier alpha value is -1.68. The SMILES string of the molecule is NS(=O)(=O)CC1CC(=O)N(c2ccc(F)c(C(F)(F)F)c2)C1. The molecule has 1 atom stereocenters. The van der Waals surface area contributed by atoms with E-state index in [1.165, 1.54) is 0 Å². The maximum Gasteiger partial charge on any atom is 0.419 e. The van der Waals surface area contributed by atoms with Gasteiger partial charge in [0.1, 0.15) is 5.82 Å². The average molecular weight is 340 g/mol. The molecule has 0 radical (unpaired) electrons. The van der Waals surface area contributed by atoms with E-state index in [1.54, 1.807) is 0 Å². The molecule has 1 aliphatic rings. The van der Waals surface area contributed by atoms with Gasteiger partial charge in [0.05, 0.1) is 11.3 Å². The second-order valence-corrected chi connectivity index (χ2v) is 6.72. The van der Waals surface area contributed by atoms with Crippen molar-refractivity contribution in [1.29, 1.82) is 0 Å². The summed E-state index contributed by atoms with van der Waals surface area (Å²) in [5.74, 6) is -3.03. The highest BCUT2D eigenvalue weighted by atomic mass is 32.2. The zero-order chi connectivity index (χ0) is 16.7. The topological polar surface area (TPSA) is 80.5 Å². The quantitative estimate of drug-likeness (QED) is 0.847. The van der Waals surface area contributed by atoms with Crippen LogP contribution in [0, 0.1) is 11.7 Å². The van der Waals surface area contributed by atoms with E-state index in [1.807, 2.05) is 0 Å². The number of sulfonamides is 1. The molecule has 1 unspecified atom stereocenters. The van der Waals surface area contributed by atoms with Crippen molar-refractivity contribution in [3.8, 4) is 0 Å². The van der Waals surface area contributed by atoms with E-state index in [9.17, 15) is 30.8 Å². The second-order valence-electron chi connectivity index (χ2n) is 5.07. The fraction of sp³-hybridized carbons (Fsp3) is 0.417. The molecule has 0 bridgehead atoms. The van der Waals surface area contributed by atoms with Crippen molar-refractivity contribution < 1.29 is 30.8 Å². The van der Waals surface area contributed by atoms with Crippen LogP contribution in [-0.2, 0) is 21.0 Å². The highest BCUT2D eigenvalue weighted by Crippen LogP contribution is 2.35. The summed E-state index contributed by atoms with van der Waals surface area (Å²) >= 11 is 0. The first kappa shape index (κ1) is 16.7. The molecule has 0 aromatic heterocycles. The predicted octanol–water partition coefficient (Wildman–Crippen LogP) is 1.49. The minimum absolute atomic E-state index is 0.0851. The van der Waals surface area contributed by atoms with E-state index in [0.29, 0.717) is 12.1 Å². The number of hydrogen-bond donors (Lipinski definition) is 1. The molecule has 1 fully saturated rings.